The van der Waals surface area contributed by atoms with Crippen LogP contribution in [0.25, 0.3) is 0 Å². The van der Waals surface area contributed by atoms with Gasteiger partial charge >= 0.3 is 6.18 Å². The molecule has 7 heteroatoms. The molecule has 2 aliphatic rings. The van der Waals surface area contributed by atoms with Crippen LogP contribution >= 0.6 is 0 Å². The molecule has 1 unspecified atom stereocenters. The average molecular weight is 419 g/mol. The summed E-state index contributed by atoms with van der Waals surface area (Å²) in [5, 5.41) is 0. The quantitative estimate of drug-likeness (QED) is 0.727. The van der Waals surface area contributed by atoms with E-state index in [1.807, 2.05) is 12.1 Å². The van der Waals surface area contributed by atoms with Crippen molar-refractivity contribution in [2.24, 2.45) is 0 Å². The summed E-state index contributed by atoms with van der Waals surface area (Å²) >= 11 is 0. The number of carbonyl (C=O) groups excluding carboxylic acids is 1. The van der Waals surface area contributed by atoms with Crippen LogP contribution in [0.1, 0.15) is 45.8 Å². The van der Waals surface area contributed by atoms with Gasteiger partial charge in [0.05, 0.1) is 18.8 Å². The van der Waals surface area contributed by atoms with E-state index in [1.54, 1.807) is 24.1 Å². The van der Waals surface area contributed by atoms with E-state index in [9.17, 15) is 18.0 Å². The first kappa shape index (κ1) is 20.9. The zero-order valence-corrected chi connectivity index (χ0v) is 16.7. The predicted molar refractivity (Wildman–Crippen MR) is 105 cm³/mol. The third-order valence-electron chi connectivity index (χ3n) is 6.14. The molecule has 1 atom stereocenters. The first-order chi connectivity index (χ1) is 14.3. The molecule has 0 saturated carbocycles. The van der Waals surface area contributed by atoms with Crippen LogP contribution in [-0.4, -0.2) is 44.2 Å². The smallest absolute Gasteiger partial charge is 0.375 e. The van der Waals surface area contributed by atoms with Gasteiger partial charge in [-0.15, -0.1) is 0 Å². The summed E-state index contributed by atoms with van der Waals surface area (Å²) in [7, 11) is 1.65. The van der Waals surface area contributed by atoms with E-state index < -0.39 is 17.3 Å². The molecule has 0 spiro atoms. The van der Waals surface area contributed by atoms with Crippen LogP contribution < -0.4 is 0 Å². The highest BCUT2D eigenvalue weighted by Gasteiger charge is 2.40. The summed E-state index contributed by atoms with van der Waals surface area (Å²) in [6, 6.07) is 12.7. The van der Waals surface area contributed by atoms with Gasteiger partial charge in [0.15, 0.2) is 0 Å². The molecule has 160 valence electrons. The molecule has 2 aliphatic heterocycles. The zero-order valence-electron chi connectivity index (χ0n) is 16.7. The van der Waals surface area contributed by atoms with Crippen LogP contribution in [0.3, 0.4) is 0 Å². The lowest BCUT2D eigenvalue weighted by Crippen LogP contribution is -2.48. The average Bonchev–Trinajstić information content (AvgIpc) is 2.73. The maximum Gasteiger partial charge on any atom is 0.416 e. The van der Waals surface area contributed by atoms with Crippen molar-refractivity contribution in [3.05, 3.63) is 70.8 Å². The number of rotatable bonds is 4. The van der Waals surface area contributed by atoms with Crippen molar-refractivity contribution in [2.45, 2.75) is 30.5 Å². The van der Waals surface area contributed by atoms with Crippen molar-refractivity contribution in [1.29, 1.82) is 0 Å². The summed E-state index contributed by atoms with van der Waals surface area (Å²) in [4.78, 5) is 14.8. The number of benzene rings is 2. The number of hydrogen-bond donors (Lipinski definition) is 0. The number of nitrogens with zero attached hydrogens (tertiary/aromatic N) is 1. The summed E-state index contributed by atoms with van der Waals surface area (Å²) in [6.07, 6.45) is -2.67. The molecule has 2 aromatic rings. The van der Waals surface area contributed by atoms with Crippen molar-refractivity contribution in [1.82, 2.24) is 4.90 Å². The highest BCUT2D eigenvalue weighted by Crippen LogP contribution is 2.34. The summed E-state index contributed by atoms with van der Waals surface area (Å²) in [5.41, 5.74) is 1.33. The monoisotopic (exact) mass is 419 g/mol. The van der Waals surface area contributed by atoms with Gasteiger partial charge in [0.25, 0.3) is 5.91 Å². The van der Waals surface area contributed by atoms with Gasteiger partial charge in [-0.1, -0.05) is 24.3 Å². The number of likely N-dealkylation sites (tertiary alicyclic amines) is 1. The van der Waals surface area contributed by atoms with Gasteiger partial charge in [-0.2, -0.15) is 13.2 Å². The number of ether oxygens (including phenoxy) is 2. The summed E-state index contributed by atoms with van der Waals surface area (Å²) in [5.74, 6) is -0.0253. The van der Waals surface area contributed by atoms with E-state index in [4.69, 9.17) is 9.47 Å². The molecule has 0 bridgehead atoms. The van der Waals surface area contributed by atoms with Crippen LogP contribution in [0.2, 0.25) is 0 Å². The second kappa shape index (κ2) is 8.04. The third-order valence-corrected chi connectivity index (χ3v) is 6.14. The van der Waals surface area contributed by atoms with Crippen molar-refractivity contribution < 1.29 is 27.4 Å². The van der Waals surface area contributed by atoms with Crippen LogP contribution in [0.15, 0.2) is 48.5 Å². The van der Waals surface area contributed by atoms with Crippen molar-refractivity contribution in [3.63, 3.8) is 0 Å². The lowest BCUT2D eigenvalue weighted by Gasteiger charge is -2.40. The molecule has 2 heterocycles. The fourth-order valence-electron chi connectivity index (χ4n) is 4.17. The Hall–Kier alpha value is -2.38. The normalized spacial score (nSPS) is 21.2. The first-order valence-electron chi connectivity index (χ1n) is 10.0. The molecule has 4 rings (SSSR count). The molecular formula is C23H24F3NO3. The van der Waals surface area contributed by atoms with Gasteiger partial charge in [-0.05, 0) is 48.2 Å². The second-order valence-corrected chi connectivity index (χ2v) is 7.98. The van der Waals surface area contributed by atoms with Gasteiger partial charge in [0, 0.05) is 31.7 Å². The third kappa shape index (κ3) is 3.96. The number of carbonyl (C=O) groups is 1. The van der Waals surface area contributed by atoms with Crippen LogP contribution in [-0.2, 0) is 21.3 Å². The van der Waals surface area contributed by atoms with Gasteiger partial charge in [-0.3, -0.25) is 4.79 Å². The van der Waals surface area contributed by atoms with E-state index in [-0.39, 0.29) is 11.8 Å². The van der Waals surface area contributed by atoms with Gasteiger partial charge in [0.2, 0.25) is 0 Å². The molecule has 2 fully saturated rings. The van der Waals surface area contributed by atoms with Crippen molar-refractivity contribution in [2.75, 3.05) is 33.4 Å². The van der Waals surface area contributed by atoms with E-state index in [0.717, 1.165) is 36.1 Å². The van der Waals surface area contributed by atoms with Gasteiger partial charge < -0.3 is 14.4 Å². The maximum atomic E-state index is 13.0. The Bertz CT molecular complexity index is 884. The van der Waals surface area contributed by atoms with Crippen molar-refractivity contribution >= 4 is 5.91 Å². The Labute approximate surface area is 173 Å². The van der Waals surface area contributed by atoms with E-state index in [2.05, 4.69) is 0 Å². The van der Waals surface area contributed by atoms with Crippen LogP contribution in [0.5, 0.6) is 0 Å². The van der Waals surface area contributed by atoms with Crippen molar-refractivity contribution in [3.8, 4) is 0 Å². The minimum absolute atomic E-state index is 0.0353. The highest BCUT2D eigenvalue weighted by atomic mass is 19.4. The Morgan fingerprint density at radius 2 is 1.77 bits per heavy atom. The largest absolute Gasteiger partial charge is 0.416 e. The molecular weight excluding hydrogens is 395 g/mol. The lowest BCUT2D eigenvalue weighted by molar-refractivity contribution is -0.202. The second-order valence-electron chi connectivity index (χ2n) is 7.98. The molecule has 2 aromatic carbocycles. The molecule has 1 amide bonds. The number of methoxy groups -OCH3 is 1. The molecule has 0 N–H and O–H groups in total. The Morgan fingerprint density at radius 1 is 1.10 bits per heavy atom. The van der Waals surface area contributed by atoms with E-state index in [0.29, 0.717) is 31.9 Å². The minimum Gasteiger partial charge on any atom is -0.375 e. The number of halogens is 3. The molecule has 0 aliphatic carbocycles. The van der Waals surface area contributed by atoms with Crippen LogP contribution in [0, 0.1) is 0 Å². The fraction of sp³-hybridized carbons (Fsp3) is 0.435. The Kier molecular flexibility index (Phi) is 5.59. The number of amides is 1. The number of alkyl halides is 3. The minimum atomic E-state index is -4.34. The van der Waals surface area contributed by atoms with E-state index >= 15 is 0 Å². The highest BCUT2D eigenvalue weighted by molar-refractivity contribution is 5.94. The molecule has 0 aromatic heterocycles. The van der Waals surface area contributed by atoms with E-state index in [1.165, 1.54) is 12.1 Å². The maximum absolute atomic E-state index is 13.0. The van der Waals surface area contributed by atoms with Gasteiger partial charge in [0.1, 0.15) is 5.60 Å². The molecule has 0 radical (unpaired) electrons. The molecule has 30 heavy (non-hydrogen) atoms. The summed E-state index contributed by atoms with van der Waals surface area (Å²) < 4.78 is 49.3. The topological polar surface area (TPSA) is 38.8 Å². The summed E-state index contributed by atoms with van der Waals surface area (Å²) in [6.45, 7) is 2.14. The SMILES string of the molecule is COC1(c2ccc(C(=O)N3CCCC(c4ccc(C(F)(F)F)cc4)C3)cc2)COC1. The fourth-order valence-corrected chi connectivity index (χ4v) is 4.17. The lowest BCUT2D eigenvalue weighted by atomic mass is 9.89. The Balaban J connectivity index is 1.44. The number of hydrogen-bond acceptors (Lipinski definition) is 3. The molecule has 4 nitrogen and oxygen atoms in total. The molecule has 2 saturated heterocycles. The van der Waals surface area contributed by atoms with Crippen LogP contribution in [0.4, 0.5) is 13.2 Å². The predicted octanol–water partition coefficient (Wildman–Crippen LogP) is 4.60. The Morgan fingerprint density at radius 3 is 2.30 bits per heavy atom. The standard InChI is InChI=1S/C23H24F3NO3/c1-29-22(14-30-15-22)19-8-6-17(7-9-19)21(28)27-12-2-3-18(13-27)16-4-10-20(11-5-16)23(24,25)26/h4-11,18H,2-3,12-15H2,1H3. The zero-order chi connectivity index (χ0) is 21.4. The van der Waals surface area contributed by atoms with Gasteiger partial charge in [-0.25, -0.2) is 0 Å². The number of piperidine rings is 1. The first-order valence-corrected chi connectivity index (χ1v) is 10.0.